The van der Waals surface area contributed by atoms with Crippen LogP contribution in [0.2, 0.25) is 0 Å². The topological polar surface area (TPSA) is 149 Å². The van der Waals surface area contributed by atoms with E-state index in [9.17, 15) is 30.3 Å². The summed E-state index contributed by atoms with van der Waals surface area (Å²) in [4.78, 5) is 12.9. The molecule has 7 unspecified atom stereocenters. The highest BCUT2D eigenvalue weighted by molar-refractivity contribution is 5.76. The number of hydrogen-bond donors (Lipinski definition) is 6. The third-order valence-electron chi connectivity index (χ3n) is 10.3. The molecule has 1 saturated heterocycles. The average Bonchev–Trinajstić information content (AvgIpc) is 3.21. The Morgan fingerprint density at radius 2 is 1.09 bits per heavy atom. The molecule has 1 aliphatic heterocycles. The molecule has 0 aromatic heterocycles. The van der Waals surface area contributed by atoms with Gasteiger partial charge in [-0.1, -0.05) is 170 Å². The van der Waals surface area contributed by atoms with Crippen LogP contribution >= 0.6 is 0 Å². The van der Waals surface area contributed by atoms with Gasteiger partial charge in [0.15, 0.2) is 6.29 Å². The Morgan fingerprint density at radius 1 is 0.614 bits per heavy atom. The number of amides is 1. The fraction of sp³-hybridized carbons (Fsp3) is 0.729. The van der Waals surface area contributed by atoms with E-state index in [0.29, 0.717) is 12.8 Å². The molecule has 0 radical (unpaired) electrons. The van der Waals surface area contributed by atoms with Crippen molar-refractivity contribution in [1.82, 2.24) is 5.32 Å². The van der Waals surface area contributed by atoms with Gasteiger partial charge in [-0.3, -0.25) is 4.79 Å². The van der Waals surface area contributed by atoms with E-state index in [1.54, 1.807) is 0 Å². The van der Waals surface area contributed by atoms with Crippen molar-refractivity contribution in [2.24, 2.45) is 0 Å². The summed E-state index contributed by atoms with van der Waals surface area (Å²) in [6, 6.07) is -0.735. The fourth-order valence-electron chi connectivity index (χ4n) is 6.69. The van der Waals surface area contributed by atoms with Crippen molar-refractivity contribution in [2.45, 2.75) is 211 Å². The summed E-state index contributed by atoms with van der Waals surface area (Å²) < 4.78 is 11.2. The first-order chi connectivity index (χ1) is 27.8. The van der Waals surface area contributed by atoms with Crippen LogP contribution in [-0.2, 0) is 14.3 Å². The minimum absolute atomic E-state index is 0.153. The largest absolute Gasteiger partial charge is 0.394 e. The van der Waals surface area contributed by atoms with Gasteiger partial charge in [0.1, 0.15) is 24.4 Å². The first-order valence-electron chi connectivity index (χ1n) is 22.6. The van der Waals surface area contributed by atoms with Crippen LogP contribution in [0.15, 0.2) is 72.9 Å². The lowest BCUT2D eigenvalue weighted by atomic mass is 9.99. The molecule has 9 nitrogen and oxygen atoms in total. The molecule has 6 N–H and O–H groups in total. The maximum atomic E-state index is 12.9. The number of carbonyl (C=O) groups is 1. The van der Waals surface area contributed by atoms with Gasteiger partial charge in [0.05, 0.1) is 25.4 Å². The molecule has 0 aromatic rings. The SMILES string of the molecule is CC/C=C\C/C=C\C/C=C\C/C=C\C/C=C\C/C=C\CCCCCCC(=O)NC(COC1OC(CO)C(O)C(O)C1O)C(O)CCCCCCCCCCCCC. The number of aliphatic hydroxyl groups excluding tert-OH is 5. The zero-order chi connectivity index (χ0) is 41.6. The molecule has 1 aliphatic rings. The Labute approximate surface area is 347 Å². The summed E-state index contributed by atoms with van der Waals surface area (Å²) in [5, 5.41) is 54.2. The highest BCUT2D eigenvalue weighted by Crippen LogP contribution is 2.23. The van der Waals surface area contributed by atoms with E-state index in [1.807, 2.05) is 0 Å². The molecule has 0 aromatic carbocycles. The molecule has 0 aliphatic carbocycles. The predicted octanol–water partition coefficient (Wildman–Crippen LogP) is 9.39. The third kappa shape index (κ3) is 28.7. The fourth-order valence-corrected chi connectivity index (χ4v) is 6.69. The molecule has 7 atom stereocenters. The maximum Gasteiger partial charge on any atom is 0.220 e. The maximum absolute atomic E-state index is 12.9. The van der Waals surface area contributed by atoms with E-state index >= 15 is 0 Å². The van der Waals surface area contributed by atoms with Crippen molar-refractivity contribution < 1.29 is 39.8 Å². The van der Waals surface area contributed by atoms with Gasteiger partial charge in [-0.25, -0.2) is 0 Å². The summed E-state index contributed by atoms with van der Waals surface area (Å²) in [5.41, 5.74) is 0. The van der Waals surface area contributed by atoms with Gasteiger partial charge >= 0.3 is 0 Å². The van der Waals surface area contributed by atoms with Gasteiger partial charge in [0.2, 0.25) is 5.91 Å². The van der Waals surface area contributed by atoms with E-state index in [1.165, 1.54) is 51.4 Å². The van der Waals surface area contributed by atoms with Gasteiger partial charge in [-0.15, -0.1) is 0 Å². The number of aliphatic hydroxyl groups is 5. The summed E-state index contributed by atoms with van der Waals surface area (Å²) >= 11 is 0. The summed E-state index contributed by atoms with van der Waals surface area (Å²) in [5.74, 6) is -0.174. The van der Waals surface area contributed by atoms with Crippen molar-refractivity contribution in [3.05, 3.63) is 72.9 Å². The standard InChI is InChI=1S/C48H83NO8/c1-3-5-7-9-11-13-15-16-17-18-19-20-21-22-23-24-25-26-28-30-32-34-36-38-44(52)49-41(40-56-48-47(55)46(54)45(53)43(39-50)57-48)42(51)37-35-33-31-29-27-14-12-10-8-6-4-2/h5,7,11,13,16-17,19-20,22-23,25-26,41-43,45-48,50-51,53-55H,3-4,6,8-10,12,14-15,18,21,24,27-40H2,1-2H3,(H,49,52)/b7-5-,13-11-,17-16-,20-19-,23-22-,26-25-. The zero-order valence-corrected chi connectivity index (χ0v) is 35.8. The van der Waals surface area contributed by atoms with Crippen LogP contribution in [0.4, 0.5) is 0 Å². The highest BCUT2D eigenvalue weighted by atomic mass is 16.7. The molecule has 1 amide bonds. The molecule has 0 saturated carbocycles. The Morgan fingerprint density at radius 3 is 1.61 bits per heavy atom. The second-order valence-electron chi connectivity index (χ2n) is 15.5. The number of nitrogens with one attached hydrogen (secondary N) is 1. The summed E-state index contributed by atoms with van der Waals surface area (Å²) in [6.45, 7) is 3.67. The molecule has 1 heterocycles. The molecule has 328 valence electrons. The molecule has 1 rings (SSSR count). The van der Waals surface area contributed by atoms with Crippen molar-refractivity contribution >= 4 is 5.91 Å². The van der Waals surface area contributed by atoms with E-state index in [-0.39, 0.29) is 12.5 Å². The molecule has 57 heavy (non-hydrogen) atoms. The number of carbonyl (C=O) groups excluding carboxylic acids is 1. The van der Waals surface area contributed by atoms with Crippen LogP contribution in [0, 0.1) is 0 Å². The minimum atomic E-state index is -1.56. The number of rotatable bonds is 36. The van der Waals surface area contributed by atoms with E-state index in [2.05, 4.69) is 92.1 Å². The molecule has 9 heteroatoms. The van der Waals surface area contributed by atoms with Gasteiger partial charge in [0.25, 0.3) is 0 Å². The predicted molar refractivity (Wildman–Crippen MR) is 235 cm³/mol. The van der Waals surface area contributed by atoms with E-state index < -0.39 is 49.5 Å². The van der Waals surface area contributed by atoms with Crippen LogP contribution in [0.25, 0.3) is 0 Å². The average molecular weight is 802 g/mol. The Hall–Kier alpha value is -2.37. The monoisotopic (exact) mass is 802 g/mol. The number of hydrogen-bond acceptors (Lipinski definition) is 8. The van der Waals surface area contributed by atoms with Gasteiger partial charge in [-0.2, -0.15) is 0 Å². The summed E-state index contributed by atoms with van der Waals surface area (Å²) in [6.07, 6.45) is 43.3. The number of unbranched alkanes of at least 4 members (excludes halogenated alkanes) is 14. The third-order valence-corrected chi connectivity index (χ3v) is 10.3. The van der Waals surface area contributed by atoms with Crippen molar-refractivity contribution in [3.63, 3.8) is 0 Å². The number of allylic oxidation sites excluding steroid dienone is 12. The van der Waals surface area contributed by atoms with Gasteiger partial charge in [-0.05, 0) is 64.2 Å². The summed E-state index contributed by atoms with van der Waals surface area (Å²) in [7, 11) is 0. The van der Waals surface area contributed by atoms with Crippen LogP contribution in [0.3, 0.4) is 0 Å². The van der Waals surface area contributed by atoms with E-state index in [4.69, 9.17) is 9.47 Å². The Bertz CT molecular complexity index is 1120. The molecule has 1 fully saturated rings. The Kier molecular flexibility index (Phi) is 35.0. The van der Waals surface area contributed by atoms with E-state index in [0.717, 1.165) is 89.9 Å². The normalized spacial score (nSPS) is 21.7. The molecule has 0 bridgehead atoms. The minimum Gasteiger partial charge on any atom is -0.394 e. The quantitative estimate of drug-likeness (QED) is 0.0271. The van der Waals surface area contributed by atoms with Crippen LogP contribution in [0.1, 0.15) is 168 Å². The lowest BCUT2D eigenvalue weighted by molar-refractivity contribution is -0.302. The zero-order valence-electron chi connectivity index (χ0n) is 35.8. The second-order valence-corrected chi connectivity index (χ2v) is 15.5. The van der Waals surface area contributed by atoms with Crippen LogP contribution in [0.5, 0.6) is 0 Å². The highest BCUT2D eigenvalue weighted by Gasteiger charge is 2.44. The molecular weight excluding hydrogens is 719 g/mol. The Balaban J connectivity index is 2.33. The molecular formula is C48H83NO8. The van der Waals surface area contributed by atoms with Crippen LogP contribution in [-0.4, -0.2) is 87.5 Å². The first-order valence-corrected chi connectivity index (χ1v) is 22.6. The molecule has 0 spiro atoms. The smallest absolute Gasteiger partial charge is 0.220 e. The van der Waals surface area contributed by atoms with Crippen molar-refractivity contribution in [1.29, 1.82) is 0 Å². The lowest BCUT2D eigenvalue weighted by Gasteiger charge is -2.40. The second kappa shape index (κ2) is 37.9. The lowest BCUT2D eigenvalue weighted by Crippen LogP contribution is -2.60. The van der Waals surface area contributed by atoms with Crippen molar-refractivity contribution in [2.75, 3.05) is 13.2 Å². The van der Waals surface area contributed by atoms with Crippen molar-refractivity contribution in [3.8, 4) is 0 Å². The first kappa shape index (κ1) is 52.6. The van der Waals surface area contributed by atoms with Gasteiger partial charge < -0.3 is 40.3 Å². The van der Waals surface area contributed by atoms with Crippen LogP contribution < -0.4 is 5.32 Å². The van der Waals surface area contributed by atoms with Gasteiger partial charge in [0, 0.05) is 6.42 Å². The number of ether oxygens (including phenoxy) is 2.